The van der Waals surface area contributed by atoms with Crippen molar-refractivity contribution in [1.82, 2.24) is 5.32 Å². The number of nitrogens with two attached hydrogens (primary N) is 1. The van der Waals surface area contributed by atoms with Gasteiger partial charge in [0.15, 0.2) is 0 Å². The molecule has 1 fully saturated rings. The first kappa shape index (κ1) is 22.9. The van der Waals surface area contributed by atoms with Crippen LogP contribution in [0, 0.1) is 11.6 Å². The molecular formula is C25H34F2N2O. The number of hydrogen-bond donors (Lipinski definition) is 3. The van der Waals surface area contributed by atoms with Gasteiger partial charge in [0.25, 0.3) is 0 Å². The standard InChI is InChI=1S/C25H34F2N2O/c1-24(2,3)18-8-7-9-19(14-18)25(10-5-4-6-11-25)29-16-22(30)23(28)17-12-20(26)15-21(27)13-17/h7-9,12-15,22-23,29-30H,4-6,10-11,16,28H2,1-3H3/t22-,23?/m1/s1. The second-order valence-corrected chi connectivity index (χ2v) is 9.65. The molecule has 0 saturated heterocycles. The predicted octanol–water partition coefficient (Wildman–Crippen LogP) is 5.07. The third-order valence-corrected chi connectivity index (χ3v) is 6.32. The van der Waals surface area contributed by atoms with Gasteiger partial charge < -0.3 is 16.2 Å². The van der Waals surface area contributed by atoms with Gasteiger partial charge in [0.2, 0.25) is 0 Å². The van der Waals surface area contributed by atoms with Gasteiger partial charge in [-0.2, -0.15) is 0 Å². The van der Waals surface area contributed by atoms with Crippen molar-refractivity contribution >= 4 is 0 Å². The zero-order valence-corrected chi connectivity index (χ0v) is 18.2. The summed E-state index contributed by atoms with van der Waals surface area (Å²) in [7, 11) is 0. The fourth-order valence-electron chi connectivity index (χ4n) is 4.42. The normalized spacial score (nSPS) is 18.8. The summed E-state index contributed by atoms with van der Waals surface area (Å²) in [6.45, 7) is 6.86. The van der Waals surface area contributed by atoms with Crippen LogP contribution in [0.3, 0.4) is 0 Å². The molecule has 5 heteroatoms. The van der Waals surface area contributed by atoms with E-state index in [-0.39, 0.29) is 23.1 Å². The van der Waals surface area contributed by atoms with E-state index in [4.69, 9.17) is 5.73 Å². The SMILES string of the molecule is CC(C)(C)c1cccc(C2(NC[C@@H](O)C(N)c3cc(F)cc(F)c3)CCCCC2)c1. The maximum Gasteiger partial charge on any atom is 0.126 e. The number of halogens is 2. The summed E-state index contributed by atoms with van der Waals surface area (Å²) in [5.41, 5.74) is 8.72. The van der Waals surface area contributed by atoms with E-state index in [9.17, 15) is 13.9 Å². The fourth-order valence-corrected chi connectivity index (χ4v) is 4.42. The summed E-state index contributed by atoms with van der Waals surface area (Å²) in [5.74, 6) is -1.38. The second kappa shape index (κ2) is 9.13. The highest BCUT2D eigenvalue weighted by molar-refractivity contribution is 5.34. The molecule has 1 saturated carbocycles. The first-order valence-corrected chi connectivity index (χ1v) is 10.9. The van der Waals surface area contributed by atoms with Crippen LogP contribution >= 0.6 is 0 Å². The molecule has 0 aliphatic heterocycles. The van der Waals surface area contributed by atoms with Crippen molar-refractivity contribution in [2.24, 2.45) is 5.73 Å². The van der Waals surface area contributed by atoms with Crippen LogP contribution in [-0.2, 0) is 11.0 Å². The maximum atomic E-state index is 13.6. The van der Waals surface area contributed by atoms with E-state index in [2.05, 4.69) is 50.4 Å². The Bertz CT molecular complexity index is 836. The predicted molar refractivity (Wildman–Crippen MR) is 117 cm³/mol. The van der Waals surface area contributed by atoms with Gasteiger partial charge in [0.1, 0.15) is 11.6 Å². The van der Waals surface area contributed by atoms with Crippen molar-refractivity contribution in [1.29, 1.82) is 0 Å². The van der Waals surface area contributed by atoms with Crippen LogP contribution in [-0.4, -0.2) is 17.8 Å². The van der Waals surface area contributed by atoms with Crippen LogP contribution in [0.1, 0.15) is 75.6 Å². The van der Waals surface area contributed by atoms with Crippen molar-refractivity contribution in [2.75, 3.05) is 6.54 Å². The average Bonchev–Trinajstić information content (AvgIpc) is 2.71. The molecule has 3 rings (SSSR count). The Labute approximate surface area is 178 Å². The summed E-state index contributed by atoms with van der Waals surface area (Å²) in [5, 5.41) is 14.3. The summed E-state index contributed by atoms with van der Waals surface area (Å²) < 4.78 is 27.1. The van der Waals surface area contributed by atoms with Crippen LogP contribution in [0.25, 0.3) is 0 Å². The molecule has 4 N–H and O–H groups in total. The van der Waals surface area contributed by atoms with Gasteiger partial charge in [-0.1, -0.05) is 64.3 Å². The van der Waals surface area contributed by atoms with Gasteiger partial charge in [-0.15, -0.1) is 0 Å². The molecule has 0 aromatic heterocycles. The lowest BCUT2D eigenvalue weighted by Gasteiger charge is -2.40. The van der Waals surface area contributed by atoms with Gasteiger partial charge in [-0.25, -0.2) is 8.78 Å². The quantitative estimate of drug-likeness (QED) is 0.616. The minimum atomic E-state index is -0.962. The van der Waals surface area contributed by atoms with Crippen molar-refractivity contribution in [3.8, 4) is 0 Å². The van der Waals surface area contributed by atoms with E-state index in [1.807, 2.05) is 0 Å². The Hall–Kier alpha value is -1.82. The number of nitrogens with one attached hydrogen (secondary N) is 1. The highest BCUT2D eigenvalue weighted by atomic mass is 19.1. The third-order valence-electron chi connectivity index (χ3n) is 6.32. The number of aliphatic hydroxyl groups excluding tert-OH is 1. The number of benzene rings is 2. The van der Waals surface area contributed by atoms with E-state index >= 15 is 0 Å². The van der Waals surface area contributed by atoms with Crippen molar-refractivity contribution in [2.45, 2.75) is 76.0 Å². The molecule has 0 heterocycles. The monoisotopic (exact) mass is 416 g/mol. The van der Waals surface area contributed by atoms with Crippen LogP contribution in [0.2, 0.25) is 0 Å². The first-order valence-electron chi connectivity index (χ1n) is 10.9. The minimum Gasteiger partial charge on any atom is -0.390 e. The summed E-state index contributed by atoms with van der Waals surface area (Å²) in [6.07, 6.45) is 4.44. The largest absolute Gasteiger partial charge is 0.390 e. The van der Waals surface area contributed by atoms with E-state index in [0.29, 0.717) is 0 Å². The van der Waals surface area contributed by atoms with Crippen LogP contribution in [0.4, 0.5) is 8.78 Å². The molecule has 2 aromatic rings. The first-order chi connectivity index (χ1) is 14.1. The van der Waals surface area contributed by atoms with Crippen LogP contribution in [0.5, 0.6) is 0 Å². The lowest BCUT2D eigenvalue weighted by molar-refractivity contribution is 0.117. The van der Waals surface area contributed by atoms with E-state index in [1.165, 1.54) is 29.7 Å². The van der Waals surface area contributed by atoms with Crippen molar-refractivity contribution in [3.63, 3.8) is 0 Å². The summed E-state index contributed by atoms with van der Waals surface area (Å²) in [6, 6.07) is 11.0. The topological polar surface area (TPSA) is 58.3 Å². The highest BCUT2D eigenvalue weighted by Gasteiger charge is 2.35. The van der Waals surface area contributed by atoms with Gasteiger partial charge in [-0.3, -0.25) is 0 Å². The molecule has 1 aliphatic rings. The minimum absolute atomic E-state index is 0.0508. The molecule has 3 nitrogen and oxygen atoms in total. The smallest absolute Gasteiger partial charge is 0.126 e. The third kappa shape index (κ3) is 5.26. The van der Waals surface area contributed by atoms with E-state index < -0.39 is 23.8 Å². The fraction of sp³-hybridized carbons (Fsp3) is 0.520. The molecule has 2 aromatic carbocycles. The Balaban J connectivity index is 1.80. The van der Waals surface area contributed by atoms with Gasteiger partial charge in [-0.05, 0) is 47.1 Å². The van der Waals surface area contributed by atoms with Gasteiger partial charge in [0.05, 0.1) is 12.1 Å². The van der Waals surface area contributed by atoms with Crippen LogP contribution < -0.4 is 11.1 Å². The molecule has 0 spiro atoms. The van der Waals surface area contributed by atoms with Crippen LogP contribution in [0.15, 0.2) is 42.5 Å². The molecule has 1 unspecified atom stereocenters. The Morgan fingerprint density at radius 3 is 2.27 bits per heavy atom. The Kier molecular flexibility index (Phi) is 6.95. The summed E-state index contributed by atoms with van der Waals surface area (Å²) >= 11 is 0. The van der Waals surface area contributed by atoms with Gasteiger partial charge in [0, 0.05) is 18.2 Å². The number of aliphatic hydroxyl groups is 1. The number of hydrogen-bond acceptors (Lipinski definition) is 3. The van der Waals surface area contributed by atoms with Crippen molar-refractivity contribution in [3.05, 3.63) is 70.8 Å². The van der Waals surface area contributed by atoms with E-state index in [1.54, 1.807) is 0 Å². The molecule has 0 bridgehead atoms. The van der Waals surface area contributed by atoms with Gasteiger partial charge >= 0.3 is 0 Å². The Morgan fingerprint density at radius 1 is 1.03 bits per heavy atom. The lowest BCUT2D eigenvalue weighted by atomic mass is 9.74. The van der Waals surface area contributed by atoms with Crippen molar-refractivity contribution < 1.29 is 13.9 Å². The molecule has 2 atom stereocenters. The highest BCUT2D eigenvalue weighted by Crippen LogP contribution is 2.38. The second-order valence-electron chi connectivity index (χ2n) is 9.65. The molecule has 30 heavy (non-hydrogen) atoms. The Morgan fingerprint density at radius 2 is 1.67 bits per heavy atom. The maximum absolute atomic E-state index is 13.6. The summed E-state index contributed by atoms with van der Waals surface area (Å²) in [4.78, 5) is 0. The average molecular weight is 417 g/mol. The molecular weight excluding hydrogens is 382 g/mol. The zero-order valence-electron chi connectivity index (χ0n) is 18.2. The molecule has 0 radical (unpaired) electrons. The zero-order chi connectivity index (χ0) is 21.9. The molecule has 0 amide bonds. The number of rotatable bonds is 6. The molecule has 1 aliphatic carbocycles. The van der Waals surface area contributed by atoms with E-state index in [0.717, 1.165) is 31.7 Å². The molecule has 164 valence electrons. The lowest BCUT2D eigenvalue weighted by Crippen LogP contribution is -2.49.